The van der Waals surface area contributed by atoms with E-state index in [1.807, 2.05) is 6.92 Å². The fraction of sp³-hybridized carbons (Fsp3) is 0.276. The van der Waals surface area contributed by atoms with Crippen LogP contribution in [0.4, 0.5) is 0 Å². The Labute approximate surface area is 270 Å². The Balaban J connectivity index is 1.62. The largest absolute Gasteiger partial charge is 0.458 e. The standard InChI is InChI=1S/C29H22Cl6N2O5/c1-15-12-37(20-5-2-4-16(22(15)20)6-7-21(39)41-14-29(33,34)35)27(40)24-25(23-18(31)10-17(30)11-19(23)32)36-42-26(24)28(13-38)8-3-9-28/h2,4-7,10-12,38H,3,8-9,13-14H2,1H3/b7-6+. The molecule has 1 aliphatic carbocycles. The molecule has 42 heavy (non-hydrogen) atoms. The SMILES string of the molecule is Cc1cn(C(=O)c2c(-c3c(Cl)cc(Cl)cc3Cl)noc2C2(CO)CCC2)c2cccc(/C=C/C(=O)OCC(Cl)(Cl)Cl)c12. The summed E-state index contributed by atoms with van der Waals surface area (Å²) in [4.78, 5) is 26.6. The number of halogens is 6. The number of aromatic nitrogens is 2. The number of alkyl halides is 3. The number of aliphatic hydroxyl groups excluding tert-OH is 1. The minimum Gasteiger partial charge on any atom is -0.458 e. The van der Waals surface area contributed by atoms with Crippen LogP contribution in [-0.2, 0) is 14.9 Å². The van der Waals surface area contributed by atoms with Crippen LogP contribution in [0.2, 0.25) is 15.1 Å². The Hall–Kier alpha value is -2.23. The van der Waals surface area contributed by atoms with E-state index in [0.717, 1.165) is 17.4 Å². The fourth-order valence-corrected chi connectivity index (χ4v) is 6.31. The first-order valence-electron chi connectivity index (χ1n) is 12.7. The lowest BCUT2D eigenvalue weighted by molar-refractivity contribution is -0.137. The minimum absolute atomic E-state index is 0.142. The highest BCUT2D eigenvalue weighted by atomic mass is 35.6. The van der Waals surface area contributed by atoms with Crippen LogP contribution in [0.3, 0.4) is 0 Å². The summed E-state index contributed by atoms with van der Waals surface area (Å²) in [5.74, 6) is -0.883. The first-order valence-corrected chi connectivity index (χ1v) is 14.9. The maximum atomic E-state index is 14.4. The number of hydrogen-bond donors (Lipinski definition) is 1. The minimum atomic E-state index is -1.73. The molecule has 1 fully saturated rings. The molecule has 1 aliphatic rings. The van der Waals surface area contributed by atoms with Crippen LogP contribution in [0, 0.1) is 6.92 Å². The summed E-state index contributed by atoms with van der Waals surface area (Å²) < 4.78 is 10.5. The quantitative estimate of drug-likeness (QED) is 0.119. The zero-order valence-electron chi connectivity index (χ0n) is 21.9. The Morgan fingerprint density at radius 3 is 2.45 bits per heavy atom. The molecule has 2 heterocycles. The van der Waals surface area contributed by atoms with E-state index < -0.39 is 27.7 Å². The molecule has 1 N–H and O–H groups in total. The third kappa shape index (κ3) is 5.93. The van der Waals surface area contributed by atoms with Gasteiger partial charge in [0.2, 0.25) is 3.79 Å². The topological polar surface area (TPSA) is 94.6 Å². The molecule has 0 amide bonds. The molecule has 0 spiro atoms. The first kappa shape index (κ1) is 31.2. The van der Waals surface area contributed by atoms with Crippen LogP contribution in [0.5, 0.6) is 0 Å². The molecular formula is C29H22Cl6N2O5. The predicted molar refractivity (Wildman–Crippen MR) is 166 cm³/mol. The Kier molecular flexibility index (Phi) is 8.95. The van der Waals surface area contributed by atoms with E-state index >= 15 is 0 Å². The number of carbonyl (C=O) groups excluding carboxylic acids is 2. The number of hydrogen-bond acceptors (Lipinski definition) is 6. The number of rotatable bonds is 7. The van der Waals surface area contributed by atoms with Gasteiger partial charge in [0.15, 0.2) is 5.76 Å². The van der Waals surface area contributed by atoms with E-state index in [0.29, 0.717) is 34.5 Å². The van der Waals surface area contributed by atoms with Gasteiger partial charge < -0.3 is 14.4 Å². The molecule has 2 aromatic heterocycles. The van der Waals surface area contributed by atoms with E-state index in [4.69, 9.17) is 78.9 Å². The van der Waals surface area contributed by atoms with Gasteiger partial charge in [-0.1, -0.05) is 93.3 Å². The molecule has 220 valence electrons. The van der Waals surface area contributed by atoms with Crippen LogP contribution in [0.25, 0.3) is 28.2 Å². The van der Waals surface area contributed by atoms with Crippen LogP contribution in [-0.4, -0.2) is 43.7 Å². The smallest absolute Gasteiger partial charge is 0.330 e. The normalized spacial score (nSPS) is 14.9. The molecule has 1 saturated carbocycles. The van der Waals surface area contributed by atoms with Gasteiger partial charge in [-0.2, -0.15) is 0 Å². The van der Waals surface area contributed by atoms with E-state index in [1.165, 1.54) is 22.8 Å². The van der Waals surface area contributed by atoms with E-state index in [9.17, 15) is 14.7 Å². The highest BCUT2D eigenvalue weighted by Crippen LogP contribution is 2.48. The van der Waals surface area contributed by atoms with Crippen molar-refractivity contribution in [3.05, 3.63) is 80.1 Å². The summed E-state index contributed by atoms with van der Waals surface area (Å²) in [6.07, 6.45) is 6.56. The molecule has 0 aliphatic heterocycles. The lowest BCUT2D eigenvalue weighted by Crippen LogP contribution is -2.39. The monoisotopic (exact) mass is 688 g/mol. The molecule has 0 bridgehead atoms. The average molecular weight is 691 g/mol. The lowest BCUT2D eigenvalue weighted by Gasteiger charge is -2.38. The second-order valence-corrected chi connectivity index (χ2v) is 13.8. The van der Waals surface area contributed by atoms with Crippen LogP contribution < -0.4 is 0 Å². The predicted octanol–water partition coefficient (Wildman–Crippen LogP) is 8.59. The summed E-state index contributed by atoms with van der Waals surface area (Å²) in [6, 6.07) is 8.33. The van der Waals surface area contributed by atoms with Crippen LogP contribution in [0.15, 0.2) is 47.1 Å². The number of benzene rings is 2. The summed E-state index contributed by atoms with van der Waals surface area (Å²) in [7, 11) is 0. The van der Waals surface area contributed by atoms with Crippen molar-refractivity contribution in [1.29, 1.82) is 0 Å². The number of aliphatic hydroxyl groups is 1. The Morgan fingerprint density at radius 1 is 1.17 bits per heavy atom. The van der Waals surface area contributed by atoms with Crippen molar-refractivity contribution in [2.24, 2.45) is 0 Å². The second-order valence-electron chi connectivity index (χ2n) is 10.1. The summed E-state index contributed by atoms with van der Waals surface area (Å²) >= 11 is 36.2. The van der Waals surface area contributed by atoms with Gasteiger partial charge in [-0.05, 0) is 55.2 Å². The summed E-state index contributed by atoms with van der Waals surface area (Å²) in [5, 5.41) is 16.0. The maximum Gasteiger partial charge on any atom is 0.330 e. The second kappa shape index (κ2) is 12.0. The van der Waals surface area contributed by atoms with Crippen molar-refractivity contribution in [3.63, 3.8) is 0 Å². The zero-order valence-corrected chi connectivity index (χ0v) is 26.4. The molecule has 0 radical (unpaired) electrons. The molecule has 0 saturated heterocycles. The summed E-state index contributed by atoms with van der Waals surface area (Å²) in [6.45, 7) is 1.21. The number of esters is 1. The van der Waals surface area contributed by atoms with Crippen molar-refractivity contribution >= 4 is 98.5 Å². The van der Waals surface area contributed by atoms with Gasteiger partial charge in [-0.15, -0.1) is 0 Å². The highest BCUT2D eigenvalue weighted by Gasteiger charge is 2.46. The molecule has 2 aromatic carbocycles. The fourth-order valence-electron chi connectivity index (χ4n) is 5.15. The van der Waals surface area contributed by atoms with Crippen LogP contribution in [0.1, 0.15) is 46.5 Å². The van der Waals surface area contributed by atoms with Gasteiger partial charge in [-0.3, -0.25) is 9.36 Å². The maximum absolute atomic E-state index is 14.4. The average Bonchev–Trinajstić information content (AvgIpc) is 3.47. The molecule has 0 unspecified atom stereocenters. The van der Waals surface area contributed by atoms with Crippen molar-refractivity contribution in [3.8, 4) is 11.3 Å². The first-order chi connectivity index (χ1) is 19.8. The number of carbonyl (C=O) groups is 2. The van der Waals surface area contributed by atoms with Gasteiger partial charge in [0.05, 0.1) is 27.6 Å². The van der Waals surface area contributed by atoms with Crippen molar-refractivity contribution in [2.75, 3.05) is 13.2 Å². The third-order valence-electron chi connectivity index (χ3n) is 7.29. The van der Waals surface area contributed by atoms with Gasteiger partial charge in [0.1, 0.15) is 17.9 Å². The number of aryl methyl sites for hydroxylation is 1. The number of nitrogens with zero attached hydrogens (tertiary/aromatic N) is 2. The Morgan fingerprint density at radius 2 is 1.86 bits per heavy atom. The van der Waals surface area contributed by atoms with Crippen molar-refractivity contribution in [2.45, 2.75) is 35.4 Å². The van der Waals surface area contributed by atoms with E-state index in [1.54, 1.807) is 30.5 Å². The van der Waals surface area contributed by atoms with Gasteiger partial charge in [-0.25, -0.2) is 4.79 Å². The van der Waals surface area contributed by atoms with Crippen LogP contribution >= 0.6 is 69.6 Å². The van der Waals surface area contributed by atoms with Crippen molar-refractivity contribution in [1.82, 2.24) is 9.72 Å². The number of fused-ring (bicyclic) bond motifs is 1. The van der Waals surface area contributed by atoms with Gasteiger partial charge in [0, 0.05) is 28.2 Å². The lowest BCUT2D eigenvalue weighted by atomic mass is 9.66. The summed E-state index contributed by atoms with van der Waals surface area (Å²) in [5.41, 5.74) is 1.79. The molecule has 4 aromatic rings. The van der Waals surface area contributed by atoms with Gasteiger partial charge in [0.25, 0.3) is 5.91 Å². The zero-order chi connectivity index (χ0) is 30.4. The third-order valence-corrected chi connectivity index (χ3v) is 8.43. The molecule has 7 nitrogen and oxygen atoms in total. The Bertz CT molecular complexity index is 1700. The highest BCUT2D eigenvalue weighted by molar-refractivity contribution is 6.67. The molecule has 5 rings (SSSR count). The number of ether oxygens (including phenoxy) is 1. The molecule has 0 atom stereocenters. The van der Waals surface area contributed by atoms with E-state index in [-0.39, 0.29) is 33.7 Å². The molecule has 13 heteroatoms. The van der Waals surface area contributed by atoms with E-state index in [2.05, 4.69) is 5.16 Å². The van der Waals surface area contributed by atoms with Gasteiger partial charge >= 0.3 is 5.97 Å². The molecular weight excluding hydrogens is 669 g/mol. The van der Waals surface area contributed by atoms with Crippen molar-refractivity contribution < 1.29 is 24.0 Å².